The van der Waals surface area contributed by atoms with Gasteiger partial charge in [0.25, 0.3) is 0 Å². The fourth-order valence-corrected chi connectivity index (χ4v) is 3.21. The molecule has 5 nitrogen and oxygen atoms in total. The van der Waals surface area contributed by atoms with Crippen molar-refractivity contribution in [1.82, 2.24) is 0 Å². The highest BCUT2D eigenvalue weighted by molar-refractivity contribution is 7.58. The van der Waals surface area contributed by atoms with E-state index in [4.69, 9.17) is 9.05 Å². The first kappa shape index (κ1) is 20.2. The van der Waals surface area contributed by atoms with Gasteiger partial charge in [-0.25, -0.2) is 0 Å². The quantitative estimate of drug-likeness (QED) is 0.275. The van der Waals surface area contributed by atoms with Gasteiger partial charge >= 0.3 is 7.60 Å². The molecule has 0 bridgehead atoms. The SMILES string of the molecule is CCCCOP(=O)(OCCCC)C(C#N)=C(O)C(C)(C)C. The first-order valence-electron chi connectivity index (χ1n) is 7.46. The van der Waals surface area contributed by atoms with E-state index in [0.29, 0.717) is 0 Å². The van der Waals surface area contributed by atoms with Gasteiger partial charge in [-0.15, -0.1) is 0 Å². The first-order valence-corrected chi connectivity index (χ1v) is 9.00. The van der Waals surface area contributed by atoms with Crippen LogP contribution in [-0.4, -0.2) is 18.3 Å². The van der Waals surface area contributed by atoms with Crippen LogP contribution in [0.25, 0.3) is 0 Å². The Bertz CT molecular complexity index is 418. The van der Waals surface area contributed by atoms with Crippen molar-refractivity contribution in [3.63, 3.8) is 0 Å². The zero-order valence-corrected chi connectivity index (χ0v) is 14.7. The maximum absolute atomic E-state index is 12.9. The van der Waals surface area contributed by atoms with E-state index in [-0.39, 0.29) is 24.3 Å². The van der Waals surface area contributed by atoms with Gasteiger partial charge in [0.15, 0.2) is 5.31 Å². The van der Waals surface area contributed by atoms with Crippen LogP contribution in [0.3, 0.4) is 0 Å². The molecule has 0 aliphatic heterocycles. The maximum Gasteiger partial charge on any atom is 0.375 e. The molecule has 0 aromatic heterocycles. The standard InChI is InChI=1S/C15H28NO4P/c1-6-8-10-19-21(18,20-11-9-7-2)13(12-16)14(17)15(3,4)5/h17H,6-11H2,1-5H3. The van der Waals surface area contributed by atoms with Crippen molar-refractivity contribution in [3.05, 3.63) is 11.1 Å². The molecular formula is C15H28NO4P. The summed E-state index contributed by atoms with van der Waals surface area (Å²) in [6, 6.07) is 1.82. The van der Waals surface area contributed by atoms with Crippen LogP contribution in [0.2, 0.25) is 0 Å². The van der Waals surface area contributed by atoms with Crippen molar-refractivity contribution in [1.29, 1.82) is 5.26 Å². The molecule has 0 aliphatic rings. The van der Waals surface area contributed by atoms with Crippen molar-refractivity contribution in [2.75, 3.05) is 13.2 Å². The van der Waals surface area contributed by atoms with E-state index in [1.54, 1.807) is 20.8 Å². The summed E-state index contributed by atoms with van der Waals surface area (Å²) in [6.45, 7) is 9.66. The van der Waals surface area contributed by atoms with E-state index in [2.05, 4.69) is 0 Å². The Balaban J connectivity index is 5.43. The first-order chi connectivity index (χ1) is 9.72. The molecule has 6 heteroatoms. The summed E-state index contributed by atoms with van der Waals surface area (Å²) in [4.78, 5) is 0. The van der Waals surface area contributed by atoms with Gasteiger partial charge in [-0.2, -0.15) is 5.26 Å². The average molecular weight is 317 g/mol. The highest BCUT2D eigenvalue weighted by atomic mass is 31.2. The summed E-state index contributed by atoms with van der Waals surface area (Å²) in [6.07, 6.45) is 3.20. The van der Waals surface area contributed by atoms with E-state index in [9.17, 15) is 14.9 Å². The van der Waals surface area contributed by atoms with Crippen molar-refractivity contribution >= 4 is 7.60 Å². The fraction of sp³-hybridized carbons (Fsp3) is 0.800. The second kappa shape index (κ2) is 9.25. The molecule has 0 heterocycles. The van der Waals surface area contributed by atoms with Crippen LogP contribution in [0.15, 0.2) is 11.1 Å². The molecule has 0 saturated carbocycles. The number of nitrogens with zero attached hydrogens (tertiary/aromatic N) is 1. The van der Waals surface area contributed by atoms with E-state index < -0.39 is 13.0 Å². The molecule has 0 saturated heterocycles. The Morgan fingerprint density at radius 2 is 1.57 bits per heavy atom. The van der Waals surface area contributed by atoms with Crippen LogP contribution in [0.4, 0.5) is 0 Å². The fourth-order valence-electron chi connectivity index (χ4n) is 1.42. The molecule has 0 aliphatic carbocycles. The third-order valence-electron chi connectivity index (χ3n) is 2.83. The van der Waals surface area contributed by atoms with Crippen LogP contribution in [0, 0.1) is 16.7 Å². The highest BCUT2D eigenvalue weighted by Gasteiger charge is 2.37. The van der Waals surface area contributed by atoms with Crippen LogP contribution >= 0.6 is 7.60 Å². The van der Waals surface area contributed by atoms with Gasteiger partial charge in [0.05, 0.1) is 13.2 Å². The number of unbranched alkanes of at least 4 members (excludes halogenated alkanes) is 2. The van der Waals surface area contributed by atoms with Gasteiger partial charge < -0.3 is 14.2 Å². The molecule has 122 valence electrons. The minimum absolute atomic E-state index is 0.235. The van der Waals surface area contributed by atoms with Crippen molar-refractivity contribution < 1.29 is 18.7 Å². The second-order valence-corrected chi connectivity index (χ2v) is 7.89. The second-order valence-electron chi connectivity index (χ2n) is 5.93. The smallest absolute Gasteiger partial charge is 0.375 e. The van der Waals surface area contributed by atoms with Crippen molar-refractivity contribution in [2.45, 2.75) is 60.3 Å². The van der Waals surface area contributed by atoms with E-state index in [1.165, 1.54) is 0 Å². The lowest BCUT2D eigenvalue weighted by molar-refractivity contribution is 0.202. The Labute approximate surface area is 128 Å². The van der Waals surface area contributed by atoms with Crippen LogP contribution in [0.5, 0.6) is 0 Å². The molecule has 0 aromatic carbocycles. The molecule has 0 radical (unpaired) electrons. The predicted molar refractivity (Wildman–Crippen MR) is 84.0 cm³/mol. The number of aliphatic hydroxyl groups excluding tert-OH is 1. The highest BCUT2D eigenvalue weighted by Crippen LogP contribution is 2.58. The van der Waals surface area contributed by atoms with Crippen LogP contribution in [-0.2, 0) is 13.6 Å². The maximum atomic E-state index is 12.9. The lowest BCUT2D eigenvalue weighted by Crippen LogP contribution is -2.13. The lowest BCUT2D eigenvalue weighted by atomic mass is 9.94. The number of allylic oxidation sites excluding steroid dienone is 2. The van der Waals surface area contributed by atoms with Crippen LogP contribution in [0.1, 0.15) is 60.3 Å². The number of aliphatic hydroxyl groups is 1. The normalized spacial score (nSPS) is 13.7. The molecule has 0 unspecified atom stereocenters. The number of nitriles is 1. The summed E-state index contributed by atoms with van der Waals surface area (Å²) in [7, 11) is -3.77. The number of hydrogen-bond donors (Lipinski definition) is 1. The largest absolute Gasteiger partial charge is 0.510 e. The Morgan fingerprint density at radius 1 is 1.14 bits per heavy atom. The minimum atomic E-state index is -3.77. The van der Waals surface area contributed by atoms with Crippen molar-refractivity contribution in [3.8, 4) is 6.07 Å². The Hall–Kier alpha value is -0.820. The molecular weight excluding hydrogens is 289 g/mol. The molecule has 0 rings (SSSR count). The van der Waals surface area contributed by atoms with Gasteiger partial charge in [0.1, 0.15) is 11.8 Å². The molecule has 0 atom stereocenters. The number of rotatable bonds is 9. The van der Waals surface area contributed by atoms with Crippen LogP contribution < -0.4 is 0 Å². The monoisotopic (exact) mass is 317 g/mol. The summed E-state index contributed by atoms with van der Waals surface area (Å²) >= 11 is 0. The van der Waals surface area contributed by atoms with Gasteiger partial charge in [-0.1, -0.05) is 47.5 Å². The topological polar surface area (TPSA) is 79.5 Å². The van der Waals surface area contributed by atoms with Gasteiger partial charge in [0.2, 0.25) is 0 Å². The Kier molecular flexibility index (Phi) is 8.89. The van der Waals surface area contributed by atoms with Crippen molar-refractivity contribution in [2.24, 2.45) is 5.41 Å². The minimum Gasteiger partial charge on any atom is -0.510 e. The summed E-state index contributed by atoms with van der Waals surface area (Å²) in [5.41, 5.74) is -0.692. The summed E-state index contributed by atoms with van der Waals surface area (Å²) < 4.78 is 23.7. The Morgan fingerprint density at radius 3 is 1.86 bits per heavy atom. The lowest BCUT2D eigenvalue weighted by Gasteiger charge is -2.23. The molecule has 21 heavy (non-hydrogen) atoms. The third-order valence-corrected chi connectivity index (χ3v) is 4.74. The van der Waals surface area contributed by atoms with Gasteiger partial charge in [0, 0.05) is 5.41 Å². The molecule has 0 spiro atoms. The zero-order chi connectivity index (χ0) is 16.5. The molecule has 0 fully saturated rings. The summed E-state index contributed by atoms with van der Waals surface area (Å²) in [5, 5.41) is 19.3. The zero-order valence-electron chi connectivity index (χ0n) is 13.8. The molecule has 0 amide bonds. The van der Waals surface area contributed by atoms with E-state index >= 15 is 0 Å². The molecule has 1 N–H and O–H groups in total. The summed E-state index contributed by atoms with van der Waals surface area (Å²) in [5.74, 6) is -0.235. The van der Waals surface area contributed by atoms with Gasteiger partial charge in [-0.05, 0) is 12.8 Å². The average Bonchev–Trinajstić information content (AvgIpc) is 2.39. The van der Waals surface area contributed by atoms with E-state index in [0.717, 1.165) is 25.7 Å². The predicted octanol–water partition coefficient (Wildman–Crippen LogP) is 5.15. The van der Waals surface area contributed by atoms with Gasteiger partial charge in [-0.3, -0.25) is 4.57 Å². The number of hydrogen-bond acceptors (Lipinski definition) is 5. The van der Waals surface area contributed by atoms with E-state index in [1.807, 2.05) is 19.9 Å². The molecule has 0 aromatic rings. The third kappa shape index (κ3) is 6.65.